The summed E-state index contributed by atoms with van der Waals surface area (Å²) in [5.41, 5.74) is 2.45. The topological polar surface area (TPSA) is 34.1 Å². The van der Waals surface area contributed by atoms with Gasteiger partial charge in [-0.3, -0.25) is 0 Å². The number of hydrogen-bond donors (Lipinski definition) is 0. The molecule has 0 N–H and O–H groups in total. The zero-order chi connectivity index (χ0) is 12.9. The Balaban J connectivity index is 2.80. The molecule has 0 radical (unpaired) electrons. The maximum atomic E-state index is 11.2. The van der Waals surface area contributed by atoms with Gasteiger partial charge >= 0.3 is 0 Å². The van der Waals surface area contributed by atoms with E-state index in [1.807, 2.05) is 13.0 Å². The molecular formula is C13H16O2S2. The maximum Gasteiger partial charge on any atom is 0.192 e. The molecule has 1 aromatic rings. The van der Waals surface area contributed by atoms with Gasteiger partial charge < -0.3 is 0 Å². The van der Waals surface area contributed by atoms with Gasteiger partial charge in [-0.1, -0.05) is 37.4 Å². The van der Waals surface area contributed by atoms with E-state index in [0.717, 1.165) is 27.7 Å². The van der Waals surface area contributed by atoms with Crippen LogP contribution in [0.4, 0.5) is 0 Å². The predicted octanol–water partition coefficient (Wildman–Crippen LogP) is 3.68. The highest BCUT2D eigenvalue weighted by Gasteiger charge is 2.00. The van der Waals surface area contributed by atoms with E-state index in [0.29, 0.717) is 0 Å². The van der Waals surface area contributed by atoms with Crippen LogP contribution in [-0.2, 0) is 16.3 Å². The fourth-order valence-corrected chi connectivity index (χ4v) is 2.79. The van der Waals surface area contributed by atoms with Crippen molar-refractivity contribution < 1.29 is 8.42 Å². The van der Waals surface area contributed by atoms with Gasteiger partial charge in [0.2, 0.25) is 0 Å². The molecule has 0 unspecified atom stereocenters. The molecule has 0 atom stereocenters. The molecule has 92 valence electrons. The predicted molar refractivity (Wildman–Crippen MR) is 74.7 cm³/mol. The first-order valence-corrected chi connectivity index (χ1v) is 7.77. The fraction of sp³-hybridized carbons (Fsp3) is 0.231. The smallest absolute Gasteiger partial charge is 0.192 e. The Morgan fingerprint density at radius 3 is 2.65 bits per heavy atom. The normalized spacial score (nSPS) is 11.9. The van der Waals surface area contributed by atoms with Crippen molar-refractivity contribution in [1.29, 1.82) is 0 Å². The Morgan fingerprint density at radius 1 is 1.41 bits per heavy atom. The Morgan fingerprint density at radius 2 is 2.12 bits per heavy atom. The minimum absolute atomic E-state index is 0.942. The van der Waals surface area contributed by atoms with E-state index in [2.05, 4.69) is 25.6 Å². The van der Waals surface area contributed by atoms with Crippen LogP contribution in [0.15, 0.2) is 45.9 Å². The van der Waals surface area contributed by atoms with Crippen LogP contribution in [0.2, 0.25) is 0 Å². The standard InChI is InChI=1S/C13H16O2S2/c1-4-12-6-7-13(11(3)10-12)16-8-9-17(14,15)5-2/h5-10H,2,4H2,1,3H3/b9-8+. The third kappa shape index (κ3) is 4.40. The first-order chi connectivity index (χ1) is 7.98. The second-order valence-electron chi connectivity index (χ2n) is 3.60. The van der Waals surface area contributed by atoms with Crippen LogP contribution in [0.3, 0.4) is 0 Å². The highest BCUT2D eigenvalue weighted by molar-refractivity contribution is 8.03. The molecule has 0 heterocycles. The van der Waals surface area contributed by atoms with E-state index in [-0.39, 0.29) is 0 Å². The van der Waals surface area contributed by atoms with Crippen LogP contribution in [0.5, 0.6) is 0 Å². The summed E-state index contributed by atoms with van der Waals surface area (Å²) < 4.78 is 22.3. The van der Waals surface area contributed by atoms with Gasteiger partial charge in [0.1, 0.15) is 0 Å². The van der Waals surface area contributed by atoms with Crippen LogP contribution in [0.25, 0.3) is 0 Å². The number of thioether (sulfide) groups is 1. The highest BCUT2D eigenvalue weighted by Crippen LogP contribution is 2.24. The first-order valence-electron chi connectivity index (χ1n) is 5.28. The van der Waals surface area contributed by atoms with E-state index in [9.17, 15) is 8.42 Å². The van der Waals surface area contributed by atoms with Crippen molar-refractivity contribution in [2.75, 3.05) is 0 Å². The molecule has 0 aromatic heterocycles. The Labute approximate surface area is 107 Å². The monoisotopic (exact) mass is 268 g/mol. The fourth-order valence-electron chi connectivity index (χ4n) is 1.30. The summed E-state index contributed by atoms with van der Waals surface area (Å²) in [7, 11) is -3.25. The molecule has 0 aliphatic rings. The number of rotatable bonds is 5. The van der Waals surface area contributed by atoms with Crippen molar-refractivity contribution in [3.05, 3.63) is 52.1 Å². The van der Waals surface area contributed by atoms with E-state index in [1.54, 1.807) is 5.41 Å². The van der Waals surface area contributed by atoms with Gasteiger partial charge in [0.25, 0.3) is 0 Å². The second kappa shape index (κ2) is 6.07. The van der Waals surface area contributed by atoms with Crippen LogP contribution in [-0.4, -0.2) is 8.42 Å². The Kier molecular flexibility index (Phi) is 5.02. The van der Waals surface area contributed by atoms with Gasteiger partial charge in [0, 0.05) is 15.7 Å². The Hall–Kier alpha value is -1.00. The number of sulfone groups is 1. The molecule has 0 saturated carbocycles. The lowest BCUT2D eigenvalue weighted by molar-refractivity contribution is 0.613. The zero-order valence-corrected chi connectivity index (χ0v) is 11.6. The van der Waals surface area contributed by atoms with E-state index >= 15 is 0 Å². The molecule has 4 heteroatoms. The zero-order valence-electron chi connectivity index (χ0n) is 10.0. The van der Waals surface area contributed by atoms with Crippen molar-refractivity contribution >= 4 is 21.6 Å². The van der Waals surface area contributed by atoms with Gasteiger partial charge in [0.15, 0.2) is 9.84 Å². The third-order valence-corrected chi connectivity index (χ3v) is 4.46. The minimum Gasteiger partial charge on any atom is -0.220 e. The molecule has 0 bridgehead atoms. The van der Waals surface area contributed by atoms with Gasteiger partial charge in [-0.25, -0.2) is 8.42 Å². The van der Waals surface area contributed by atoms with Crippen molar-refractivity contribution in [2.45, 2.75) is 25.2 Å². The molecule has 17 heavy (non-hydrogen) atoms. The van der Waals surface area contributed by atoms with E-state index in [1.165, 1.54) is 17.3 Å². The van der Waals surface area contributed by atoms with Crippen molar-refractivity contribution in [3.63, 3.8) is 0 Å². The molecule has 0 aliphatic heterocycles. The molecule has 1 aromatic carbocycles. The molecule has 0 amide bonds. The summed E-state index contributed by atoms with van der Waals surface area (Å²) >= 11 is 1.40. The van der Waals surface area contributed by atoms with Crippen LogP contribution >= 0.6 is 11.8 Å². The van der Waals surface area contributed by atoms with Crippen LogP contribution < -0.4 is 0 Å². The van der Waals surface area contributed by atoms with Crippen molar-refractivity contribution in [2.24, 2.45) is 0 Å². The lowest BCUT2D eigenvalue weighted by Crippen LogP contribution is -1.86. The number of hydrogen-bond acceptors (Lipinski definition) is 3. The summed E-state index contributed by atoms with van der Waals surface area (Å²) in [6.07, 6.45) is 1.01. The highest BCUT2D eigenvalue weighted by atomic mass is 32.2. The summed E-state index contributed by atoms with van der Waals surface area (Å²) in [5, 5.41) is 3.68. The largest absolute Gasteiger partial charge is 0.220 e. The summed E-state index contributed by atoms with van der Waals surface area (Å²) in [6.45, 7) is 7.38. The Bertz CT molecular complexity index is 528. The lowest BCUT2D eigenvalue weighted by Gasteiger charge is -2.04. The average molecular weight is 268 g/mol. The molecule has 0 spiro atoms. The molecular weight excluding hydrogens is 252 g/mol. The molecule has 0 saturated heterocycles. The second-order valence-corrected chi connectivity index (χ2v) is 6.33. The summed E-state index contributed by atoms with van der Waals surface area (Å²) in [4.78, 5) is 1.07. The maximum absolute atomic E-state index is 11.2. The van der Waals surface area contributed by atoms with Crippen molar-refractivity contribution in [1.82, 2.24) is 0 Å². The van der Waals surface area contributed by atoms with Gasteiger partial charge in [-0.2, -0.15) is 0 Å². The first kappa shape index (κ1) is 14.1. The van der Waals surface area contributed by atoms with Crippen LogP contribution in [0, 0.1) is 6.92 Å². The van der Waals surface area contributed by atoms with Crippen LogP contribution in [0.1, 0.15) is 18.1 Å². The van der Waals surface area contributed by atoms with Gasteiger partial charge in [-0.05, 0) is 35.9 Å². The van der Waals surface area contributed by atoms with Gasteiger partial charge in [-0.15, -0.1) is 0 Å². The average Bonchev–Trinajstić information content (AvgIpc) is 2.31. The van der Waals surface area contributed by atoms with E-state index in [4.69, 9.17) is 0 Å². The quantitative estimate of drug-likeness (QED) is 0.764. The third-order valence-electron chi connectivity index (χ3n) is 2.32. The van der Waals surface area contributed by atoms with Gasteiger partial charge in [0.05, 0.1) is 0 Å². The summed E-state index contributed by atoms with van der Waals surface area (Å²) in [6, 6.07) is 6.20. The number of aryl methyl sites for hydroxylation is 2. The molecule has 0 fully saturated rings. The molecule has 1 rings (SSSR count). The van der Waals surface area contributed by atoms with Crippen molar-refractivity contribution in [3.8, 4) is 0 Å². The minimum atomic E-state index is -3.25. The number of benzene rings is 1. The summed E-state index contributed by atoms with van der Waals surface area (Å²) in [5.74, 6) is 0. The molecule has 0 aliphatic carbocycles. The van der Waals surface area contributed by atoms with E-state index < -0.39 is 9.84 Å². The SMILES string of the molecule is C=CS(=O)(=O)/C=C/Sc1ccc(CC)cc1C. The molecule has 2 nitrogen and oxygen atoms in total. The lowest BCUT2D eigenvalue weighted by atomic mass is 10.1.